The maximum atomic E-state index is 5.59. The monoisotopic (exact) mass is 518 g/mol. The number of anilines is 2. The largest absolute Gasteiger partial charge is 0.493 e. The zero-order valence-electron chi connectivity index (χ0n) is 22.9. The normalized spacial score (nSPS) is 17.4. The second-order valence-corrected chi connectivity index (χ2v) is 10.5. The van der Waals surface area contributed by atoms with Gasteiger partial charge in [0.2, 0.25) is 5.95 Å². The first-order valence-electron chi connectivity index (χ1n) is 14.1. The average Bonchev–Trinajstić information content (AvgIpc) is 2.97. The van der Waals surface area contributed by atoms with E-state index in [1.54, 1.807) is 14.2 Å². The molecule has 0 bridgehead atoms. The standard InChI is InChI=1S/C30H42N6O2/c1-37-27-20-25-26(21-28(27)38-2)33-30(31-14-9-17-35-15-7-4-8-16-35)34-29(25)32-24-12-18-36(19-13-24)22-23-10-5-3-6-11-23/h3,5-6,10-11,20-21,24H,4,7-9,12-19,22H2,1-2H3,(H2,31,32,33,34). The molecule has 0 spiro atoms. The number of benzene rings is 2. The van der Waals surface area contributed by atoms with Gasteiger partial charge in [-0.3, -0.25) is 4.90 Å². The molecule has 0 amide bonds. The molecule has 2 aliphatic heterocycles. The van der Waals surface area contributed by atoms with Crippen LogP contribution in [-0.2, 0) is 6.54 Å². The molecule has 0 aliphatic carbocycles. The van der Waals surface area contributed by atoms with E-state index in [1.807, 2.05) is 12.1 Å². The molecule has 2 saturated heterocycles. The van der Waals surface area contributed by atoms with Crippen LogP contribution in [0.15, 0.2) is 42.5 Å². The Hall–Kier alpha value is -3.10. The number of rotatable bonds is 11. The summed E-state index contributed by atoms with van der Waals surface area (Å²) in [6.07, 6.45) is 7.25. The highest BCUT2D eigenvalue weighted by molar-refractivity contribution is 5.92. The molecule has 2 fully saturated rings. The zero-order chi connectivity index (χ0) is 26.2. The van der Waals surface area contributed by atoms with Crippen LogP contribution in [0.4, 0.5) is 11.8 Å². The minimum absolute atomic E-state index is 0.361. The molecule has 5 rings (SSSR count). The Labute approximate surface area is 226 Å². The molecule has 2 aromatic carbocycles. The van der Waals surface area contributed by atoms with E-state index in [4.69, 9.17) is 19.4 Å². The molecule has 3 aromatic rings. The summed E-state index contributed by atoms with van der Waals surface area (Å²) in [5.41, 5.74) is 2.22. The zero-order valence-corrected chi connectivity index (χ0v) is 22.9. The highest BCUT2D eigenvalue weighted by Crippen LogP contribution is 2.35. The van der Waals surface area contributed by atoms with Gasteiger partial charge in [0.15, 0.2) is 11.5 Å². The lowest BCUT2D eigenvalue weighted by atomic mass is 10.0. The van der Waals surface area contributed by atoms with Crippen LogP contribution in [0.3, 0.4) is 0 Å². The SMILES string of the molecule is COc1cc2nc(NCCCN3CCCCC3)nc(NC3CCN(Cc4ccccc4)CC3)c2cc1OC. The van der Waals surface area contributed by atoms with E-state index in [-0.39, 0.29) is 0 Å². The predicted octanol–water partition coefficient (Wildman–Crippen LogP) is 5.01. The number of nitrogens with one attached hydrogen (secondary N) is 2. The van der Waals surface area contributed by atoms with Crippen molar-refractivity contribution >= 4 is 22.7 Å². The van der Waals surface area contributed by atoms with Gasteiger partial charge in [0.1, 0.15) is 5.82 Å². The third-order valence-electron chi connectivity index (χ3n) is 7.76. The van der Waals surface area contributed by atoms with E-state index in [9.17, 15) is 0 Å². The third kappa shape index (κ3) is 6.85. The second-order valence-electron chi connectivity index (χ2n) is 10.5. The fourth-order valence-corrected chi connectivity index (χ4v) is 5.60. The molecule has 8 nitrogen and oxygen atoms in total. The van der Waals surface area contributed by atoms with Gasteiger partial charge >= 0.3 is 0 Å². The first-order valence-corrected chi connectivity index (χ1v) is 14.1. The van der Waals surface area contributed by atoms with Crippen molar-refractivity contribution in [3.63, 3.8) is 0 Å². The first-order chi connectivity index (χ1) is 18.7. The fourth-order valence-electron chi connectivity index (χ4n) is 5.60. The lowest BCUT2D eigenvalue weighted by molar-refractivity contribution is 0.211. The molecule has 204 valence electrons. The Kier molecular flexibility index (Phi) is 9.15. The van der Waals surface area contributed by atoms with E-state index in [1.165, 1.54) is 37.9 Å². The number of likely N-dealkylation sites (tertiary alicyclic amines) is 2. The van der Waals surface area contributed by atoms with Gasteiger partial charge in [0, 0.05) is 43.7 Å². The maximum Gasteiger partial charge on any atom is 0.225 e. The van der Waals surface area contributed by atoms with Crippen LogP contribution in [0.1, 0.15) is 44.1 Å². The molecule has 2 aliphatic rings. The maximum absolute atomic E-state index is 5.59. The van der Waals surface area contributed by atoms with Gasteiger partial charge in [0.05, 0.1) is 19.7 Å². The van der Waals surface area contributed by atoms with Crippen molar-refractivity contribution in [2.75, 3.05) is 64.1 Å². The quantitative estimate of drug-likeness (QED) is 0.343. The number of methoxy groups -OCH3 is 2. The molecule has 0 unspecified atom stereocenters. The van der Waals surface area contributed by atoms with Crippen LogP contribution >= 0.6 is 0 Å². The van der Waals surface area contributed by atoms with Crippen molar-refractivity contribution in [3.05, 3.63) is 48.0 Å². The third-order valence-corrected chi connectivity index (χ3v) is 7.76. The predicted molar refractivity (Wildman–Crippen MR) is 154 cm³/mol. The summed E-state index contributed by atoms with van der Waals surface area (Å²) in [4.78, 5) is 14.9. The smallest absolute Gasteiger partial charge is 0.225 e. The fraction of sp³-hybridized carbons (Fsp3) is 0.533. The highest BCUT2D eigenvalue weighted by Gasteiger charge is 2.22. The number of hydrogen-bond acceptors (Lipinski definition) is 8. The van der Waals surface area contributed by atoms with Gasteiger partial charge in [-0.15, -0.1) is 0 Å². The van der Waals surface area contributed by atoms with Crippen LogP contribution in [0, 0.1) is 0 Å². The van der Waals surface area contributed by atoms with Gasteiger partial charge in [-0.05, 0) is 63.4 Å². The Morgan fingerprint density at radius 3 is 2.34 bits per heavy atom. The van der Waals surface area contributed by atoms with E-state index in [0.717, 1.165) is 68.7 Å². The number of aromatic nitrogens is 2. The van der Waals surface area contributed by atoms with Gasteiger partial charge in [-0.1, -0.05) is 36.8 Å². The number of nitrogens with zero attached hydrogens (tertiary/aromatic N) is 4. The first kappa shape index (κ1) is 26.5. The Balaban J connectivity index is 1.26. The number of piperidine rings is 2. The van der Waals surface area contributed by atoms with Gasteiger partial charge in [0.25, 0.3) is 0 Å². The van der Waals surface area contributed by atoms with Crippen LogP contribution in [-0.4, -0.2) is 79.3 Å². The molecule has 2 N–H and O–H groups in total. The molecule has 3 heterocycles. The second kappa shape index (κ2) is 13.1. The van der Waals surface area contributed by atoms with Crippen LogP contribution in [0.25, 0.3) is 10.9 Å². The van der Waals surface area contributed by atoms with Gasteiger partial charge in [-0.2, -0.15) is 4.98 Å². The van der Waals surface area contributed by atoms with E-state index in [0.29, 0.717) is 23.5 Å². The summed E-state index contributed by atoms with van der Waals surface area (Å²) in [5, 5.41) is 8.19. The van der Waals surface area contributed by atoms with Gasteiger partial charge < -0.3 is 25.0 Å². The number of ether oxygens (including phenoxy) is 2. The minimum atomic E-state index is 0.361. The molecule has 0 radical (unpaired) electrons. The minimum Gasteiger partial charge on any atom is -0.493 e. The molecule has 0 atom stereocenters. The summed E-state index contributed by atoms with van der Waals surface area (Å²) in [6, 6.07) is 15.0. The lowest BCUT2D eigenvalue weighted by Gasteiger charge is -2.33. The van der Waals surface area contributed by atoms with Crippen LogP contribution in [0.5, 0.6) is 11.5 Å². The average molecular weight is 519 g/mol. The van der Waals surface area contributed by atoms with E-state index in [2.05, 4.69) is 50.8 Å². The summed E-state index contributed by atoms with van der Waals surface area (Å²) in [5.74, 6) is 2.88. The number of hydrogen-bond donors (Lipinski definition) is 2. The van der Waals surface area contributed by atoms with Crippen molar-refractivity contribution in [3.8, 4) is 11.5 Å². The van der Waals surface area contributed by atoms with Crippen molar-refractivity contribution in [2.45, 2.75) is 51.1 Å². The van der Waals surface area contributed by atoms with Crippen molar-refractivity contribution < 1.29 is 9.47 Å². The van der Waals surface area contributed by atoms with Crippen molar-refractivity contribution in [1.29, 1.82) is 0 Å². The van der Waals surface area contributed by atoms with Crippen LogP contribution < -0.4 is 20.1 Å². The van der Waals surface area contributed by atoms with Crippen LogP contribution in [0.2, 0.25) is 0 Å². The topological polar surface area (TPSA) is 74.8 Å². The summed E-state index contributed by atoms with van der Waals surface area (Å²) >= 11 is 0. The summed E-state index contributed by atoms with van der Waals surface area (Å²) in [7, 11) is 3.32. The molecular weight excluding hydrogens is 476 g/mol. The highest BCUT2D eigenvalue weighted by atomic mass is 16.5. The van der Waals surface area contributed by atoms with E-state index >= 15 is 0 Å². The molecular formula is C30H42N6O2. The molecule has 1 aromatic heterocycles. The Morgan fingerprint density at radius 1 is 0.868 bits per heavy atom. The van der Waals surface area contributed by atoms with E-state index < -0.39 is 0 Å². The van der Waals surface area contributed by atoms with Gasteiger partial charge in [-0.25, -0.2) is 4.98 Å². The molecule has 38 heavy (non-hydrogen) atoms. The summed E-state index contributed by atoms with van der Waals surface area (Å²) < 4.78 is 11.2. The molecule has 0 saturated carbocycles. The number of fused-ring (bicyclic) bond motifs is 1. The lowest BCUT2D eigenvalue weighted by Crippen LogP contribution is -2.38. The Morgan fingerprint density at radius 2 is 1.61 bits per heavy atom. The van der Waals surface area contributed by atoms with Crippen molar-refractivity contribution in [2.24, 2.45) is 0 Å². The Bertz CT molecular complexity index is 1160. The molecule has 8 heteroatoms. The summed E-state index contributed by atoms with van der Waals surface area (Å²) in [6.45, 7) is 7.57. The van der Waals surface area contributed by atoms with Crippen molar-refractivity contribution in [1.82, 2.24) is 19.8 Å².